The van der Waals surface area contributed by atoms with E-state index in [1.54, 1.807) is 0 Å². The van der Waals surface area contributed by atoms with Gasteiger partial charge < -0.3 is 0 Å². The molecule has 3 rings (SSSR count). The van der Waals surface area contributed by atoms with Gasteiger partial charge in [-0.05, 0) is 31.2 Å². The fourth-order valence-electron chi connectivity index (χ4n) is 2.15. The molecule has 0 bridgehead atoms. The molecule has 1 aromatic heterocycles. The normalized spacial score (nSPS) is 25.0. The number of para-hydroxylation sites is 1. The summed E-state index contributed by atoms with van der Waals surface area (Å²) in [5.41, 5.74) is 2.24. The molecule has 2 aromatic rings. The molecule has 88 valence electrons. The molecule has 17 heavy (non-hydrogen) atoms. The molecule has 1 aliphatic rings. The Hall–Kier alpha value is -1.06. The quantitative estimate of drug-likeness (QED) is 0.832. The highest BCUT2D eigenvalue weighted by Gasteiger charge is 2.20. The summed E-state index contributed by atoms with van der Waals surface area (Å²) in [4.78, 5) is 4.75. The first-order chi connectivity index (χ1) is 8.33. The maximum absolute atomic E-state index is 4.75. The van der Waals surface area contributed by atoms with E-state index >= 15 is 0 Å². The van der Waals surface area contributed by atoms with Gasteiger partial charge in [-0.3, -0.25) is 10.3 Å². The molecule has 2 unspecified atom stereocenters. The van der Waals surface area contributed by atoms with Crippen LogP contribution in [0.15, 0.2) is 36.4 Å². The summed E-state index contributed by atoms with van der Waals surface area (Å²) in [6, 6.07) is 13.2. The Morgan fingerprint density at radius 2 is 2.12 bits per heavy atom. The van der Waals surface area contributed by atoms with Crippen molar-refractivity contribution in [2.24, 2.45) is 0 Å². The first-order valence-electron chi connectivity index (χ1n) is 6.06. The zero-order chi connectivity index (χ0) is 11.7. The van der Waals surface area contributed by atoms with Crippen molar-refractivity contribution < 1.29 is 0 Å². The summed E-state index contributed by atoms with van der Waals surface area (Å²) in [6.07, 6.45) is 1.24. The van der Waals surface area contributed by atoms with Gasteiger partial charge in [0.2, 0.25) is 0 Å². The van der Waals surface area contributed by atoms with Crippen molar-refractivity contribution in [1.29, 1.82) is 0 Å². The number of nitrogens with zero attached hydrogens (tertiary/aromatic N) is 1. The van der Waals surface area contributed by atoms with Gasteiger partial charge in [-0.1, -0.05) is 24.3 Å². The Kier molecular flexibility index (Phi) is 3.04. The van der Waals surface area contributed by atoms with Crippen LogP contribution in [-0.2, 0) is 0 Å². The number of rotatable bonds is 1. The van der Waals surface area contributed by atoms with Gasteiger partial charge in [-0.15, -0.1) is 11.8 Å². The molecule has 1 aromatic carbocycles. The molecule has 0 aliphatic carbocycles. The van der Waals surface area contributed by atoms with Crippen LogP contribution in [0.5, 0.6) is 0 Å². The zero-order valence-corrected chi connectivity index (χ0v) is 10.7. The lowest BCUT2D eigenvalue weighted by Crippen LogP contribution is -2.33. The van der Waals surface area contributed by atoms with E-state index in [-0.39, 0.29) is 0 Å². The Morgan fingerprint density at radius 3 is 3.00 bits per heavy atom. The lowest BCUT2D eigenvalue weighted by molar-refractivity contribution is 0.507. The highest BCUT2D eigenvalue weighted by Crippen LogP contribution is 2.31. The lowest BCUT2D eigenvalue weighted by Gasteiger charge is -2.28. The Bertz CT molecular complexity index is 526. The third-order valence-corrected chi connectivity index (χ3v) is 4.34. The Morgan fingerprint density at radius 1 is 1.24 bits per heavy atom. The molecule has 1 N–H and O–H groups in total. The smallest absolute Gasteiger partial charge is 0.0964 e. The van der Waals surface area contributed by atoms with E-state index in [2.05, 4.69) is 42.6 Å². The van der Waals surface area contributed by atoms with Gasteiger partial charge >= 0.3 is 0 Å². The second-order valence-corrected chi connectivity index (χ2v) is 5.75. The molecular formula is C14H16N2S. The van der Waals surface area contributed by atoms with E-state index in [9.17, 15) is 0 Å². The molecule has 2 atom stereocenters. The Labute approximate surface area is 106 Å². The first-order valence-corrected chi connectivity index (χ1v) is 7.11. The first kappa shape index (κ1) is 11.1. The van der Waals surface area contributed by atoms with Gasteiger partial charge in [-0.2, -0.15) is 0 Å². The third kappa shape index (κ3) is 2.31. The van der Waals surface area contributed by atoms with Crippen molar-refractivity contribution in [1.82, 2.24) is 10.3 Å². The summed E-state index contributed by atoms with van der Waals surface area (Å²) in [5, 5.41) is 5.16. The number of thioether (sulfide) groups is 1. The molecule has 1 saturated heterocycles. The van der Waals surface area contributed by atoms with Crippen molar-refractivity contribution in [3.05, 3.63) is 42.1 Å². The second-order valence-electron chi connectivity index (χ2n) is 4.54. The van der Waals surface area contributed by atoms with E-state index < -0.39 is 0 Å². The lowest BCUT2D eigenvalue weighted by atomic mass is 10.2. The van der Waals surface area contributed by atoms with Crippen LogP contribution in [-0.4, -0.2) is 16.8 Å². The van der Waals surface area contributed by atoms with Crippen molar-refractivity contribution in [3.63, 3.8) is 0 Å². The fraction of sp³-hybridized carbons (Fsp3) is 0.357. The van der Waals surface area contributed by atoms with E-state index in [1.807, 2.05) is 17.8 Å². The van der Waals surface area contributed by atoms with Crippen LogP contribution < -0.4 is 5.32 Å². The maximum atomic E-state index is 4.75. The van der Waals surface area contributed by atoms with Gasteiger partial charge in [0.25, 0.3) is 0 Å². The van der Waals surface area contributed by atoms with Crippen molar-refractivity contribution in [2.45, 2.75) is 24.8 Å². The maximum Gasteiger partial charge on any atom is 0.0964 e. The molecule has 3 heteroatoms. The molecule has 2 nitrogen and oxygen atoms in total. The van der Waals surface area contributed by atoms with Crippen LogP contribution in [0.2, 0.25) is 0 Å². The average molecular weight is 244 g/mol. The van der Waals surface area contributed by atoms with Gasteiger partial charge in [-0.25, -0.2) is 0 Å². The van der Waals surface area contributed by atoms with Crippen LogP contribution in [0.4, 0.5) is 0 Å². The minimum atomic E-state index is 0.350. The van der Waals surface area contributed by atoms with Gasteiger partial charge in [0.15, 0.2) is 0 Å². The van der Waals surface area contributed by atoms with Gasteiger partial charge in [0.05, 0.1) is 16.6 Å². The minimum absolute atomic E-state index is 0.350. The number of hydrogen-bond donors (Lipinski definition) is 1. The van der Waals surface area contributed by atoms with Crippen LogP contribution >= 0.6 is 11.8 Å². The highest BCUT2D eigenvalue weighted by atomic mass is 32.2. The van der Waals surface area contributed by atoms with Crippen molar-refractivity contribution in [2.75, 3.05) is 5.75 Å². The standard InChI is InChI=1S/C14H16N2S/c1-10-8-9-17-14(15-10)13-7-6-11-4-2-3-5-12(11)16-13/h2-7,10,14-15H,8-9H2,1H3. The predicted molar refractivity (Wildman–Crippen MR) is 74.2 cm³/mol. The second kappa shape index (κ2) is 4.67. The number of pyridine rings is 1. The topological polar surface area (TPSA) is 24.9 Å². The number of hydrogen-bond acceptors (Lipinski definition) is 3. The van der Waals surface area contributed by atoms with Crippen molar-refractivity contribution in [3.8, 4) is 0 Å². The molecule has 1 aliphatic heterocycles. The molecule has 0 radical (unpaired) electrons. The molecule has 2 heterocycles. The molecular weight excluding hydrogens is 228 g/mol. The fourth-order valence-corrected chi connectivity index (χ4v) is 3.51. The number of aromatic nitrogens is 1. The Balaban J connectivity index is 1.94. The molecule has 0 saturated carbocycles. The third-order valence-electron chi connectivity index (χ3n) is 3.16. The molecule has 0 spiro atoms. The monoisotopic (exact) mass is 244 g/mol. The number of benzene rings is 1. The highest BCUT2D eigenvalue weighted by molar-refractivity contribution is 7.99. The van der Waals surface area contributed by atoms with Gasteiger partial charge in [0.1, 0.15) is 0 Å². The summed E-state index contributed by atoms with van der Waals surface area (Å²) in [6.45, 7) is 2.24. The van der Waals surface area contributed by atoms with Crippen LogP contribution in [0.25, 0.3) is 10.9 Å². The molecule has 1 fully saturated rings. The summed E-state index contributed by atoms with van der Waals surface area (Å²) < 4.78 is 0. The summed E-state index contributed by atoms with van der Waals surface area (Å²) >= 11 is 1.95. The number of nitrogens with one attached hydrogen (secondary N) is 1. The zero-order valence-electron chi connectivity index (χ0n) is 9.89. The van der Waals surface area contributed by atoms with E-state index in [0.29, 0.717) is 11.4 Å². The summed E-state index contributed by atoms with van der Waals surface area (Å²) in [5.74, 6) is 1.22. The van der Waals surface area contributed by atoms with Crippen LogP contribution in [0.3, 0.4) is 0 Å². The molecule has 0 amide bonds. The van der Waals surface area contributed by atoms with E-state index in [4.69, 9.17) is 4.98 Å². The summed E-state index contributed by atoms with van der Waals surface area (Å²) in [7, 11) is 0. The average Bonchev–Trinajstić information content (AvgIpc) is 2.38. The van der Waals surface area contributed by atoms with Gasteiger partial charge in [0, 0.05) is 11.4 Å². The van der Waals surface area contributed by atoms with Crippen LogP contribution in [0, 0.1) is 0 Å². The van der Waals surface area contributed by atoms with Crippen molar-refractivity contribution >= 4 is 22.7 Å². The minimum Gasteiger partial charge on any atom is -0.298 e. The SMILES string of the molecule is CC1CCSC(c2ccc3ccccc3n2)N1. The van der Waals surface area contributed by atoms with E-state index in [0.717, 1.165) is 11.2 Å². The number of fused-ring (bicyclic) bond motifs is 1. The predicted octanol–water partition coefficient (Wildman–Crippen LogP) is 3.35. The van der Waals surface area contributed by atoms with Crippen LogP contribution in [0.1, 0.15) is 24.4 Å². The largest absolute Gasteiger partial charge is 0.298 e. The van der Waals surface area contributed by atoms with E-state index in [1.165, 1.54) is 17.6 Å².